The number of H-pyrrole nitrogens is 1. The summed E-state index contributed by atoms with van der Waals surface area (Å²) in [6.45, 7) is 2.60. The van der Waals surface area contributed by atoms with Crippen LogP contribution >= 0.6 is 0 Å². The molecule has 0 bridgehead atoms. The molecular weight excluding hydrogens is 298 g/mol. The van der Waals surface area contributed by atoms with Gasteiger partial charge in [-0.2, -0.15) is 0 Å². The van der Waals surface area contributed by atoms with Gasteiger partial charge < -0.3 is 9.72 Å². The predicted molar refractivity (Wildman–Crippen MR) is 97.8 cm³/mol. The van der Waals surface area contributed by atoms with Crippen molar-refractivity contribution in [3.05, 3.63) is 66.2 Å². The molecule has 1 heterocycles. The molecule has 1 aromatic heterocycles. The maximum Gasteiger partial charge on any atom is 0.152 e. The van der Waals surface area contributed by atoms with Gasteiger partial charge in [-0.15, -0.1) is 0 Å². The van der Waals surface area contributed by atoms with E-state index in [9.17, 15) is 4.79 Å². The van der Waals surface area contributed by atoms with Crippen molar-refractivity contribution < 1.29 is 9.53 Å². The molecule has 0 amide bonds. The van der Waals surface area contributed by atoms with Gasteiger partial charge in [0.2, 0.25) is 0 Å². The number of carbonyl (C=O) groups excluding carboxylic acids is 1. The quantitative estimate of drug-likeness (QED) is 0.526. The van der Waals surface area contributed by atoms with E-state index in [2.05, 4.69) is 23.2 Å². The number of aromatic amines is 1. The number of benzene rings is 3. The third kappa shape index (κ3) is 2.26. The lowest BCUT2D eigenvalue weighted by Gasteiger charge is -2.04. The highest BCUT2D eigenvalue weighted by atomic mass is 16.5. The van der Waals surface area contributed by atoms with Crippen LogP contribution in [0.5, 0.6) is 5.75 Å². The van der Waals surface area contributed by atoms with E-state index in [1.165, 1.54) is 0 Å². The number of aromatic nitrogens is 1. The molecule has 1 N–H and O–H groups in total. The molecule has 4 rings (SSSR count). The molecule has 3 aromatic carbocycles. The molecular formula is C21H17NO2. The van der Waals surface area contributed by atoms with Crippen LogP contribution in [0.15, 0.2) is 60.7 Å². The summed E-state index contributed by atoms with van der Waals surface area (Å²) in [5, 5.41) is 3.23. The molecule has 0 saturated heterocycles. The van der Waals surface area contributed by atoms with Crippen LogP contribution in [0.1, 0.15) is 17.3 Å². The number of nitrogens with one attached hydrogen (secondary N) is 1. The molecule has 0 saturated carbocycles. The number of fused-ring (bicyclic) bond motifs is 3. The smallest absolute Gasteiger partial charge is 0.152 e. The number of aldehydes is 1. The van der Waals surface area contributed by atoms with Gasteiger partial charge in [0.15, 0.2) is 6.29 Å². The Bertz CT molecular complexity index is 1030. The zero-order valence-electron chi connectivity index (χ0n) is 13.4. The number of carbonyl (C=O) groups is 1. The number of hydrogen-bond acceptors (Lipinski definition) is 2. The van der Waals surface area contributed by atoms with Crippen molar-refractivity contribution in [2.24, 2.45) is 0 Å². The monoisotopic (exact) mass is 315 g/mol. The van der Waals surface area contributed by atoms with Crippen molar-refractivity contribution in [3.8, 4) is 17.0 Å². The maximum absolute atomic E-state index is 11.7. The van der Waals surface area contributed by atoms with E-state index in [1.807, 2.05) is 49.4 Å². The van der Waals surface area contributed by atoms with Crippen molar-refractivity contribution in [2.75, 3.05) is 6.61 Å². The first-order valence-electron chi connectivity index (χ1n) is 8.03. The highest BCUT2D eigenvalue weighted by Gasteiger charge is 2.14. The third-order valence-electron chi connectivity index (χ3n) is 4.31. The molecule has 0 spiro atoms. The van der Waals surface area contributed by atoms with Gasteiger partial charge >= 0.3 is 0 Å². The van der Waals surface area contributed by atoms with Crippen LogP contribution in [-0.4, -0.2) is 17.9 Å². The van der Waals surface area contributed by atoms with Crippen molar-refractivity contribution in [1.82, 2.24) is 4.98 Å². The average molecular weight is 315 g/mol. The molecule has 0 radical (unpaired) electrons. The molecule has 3 heteroatoms. The number of rotatable bonds is 4. The topological polar surface area (TPSA) is 42.1 Å². The van der Waals surface area contributed by atoms with Gasteiger partial charge in [0.25, 0.3) is 0 Å². The van der Waals surface area contributed by atoms with Crippen molar-refractivity contribution in [1.29, 1.82) is 0 Å². The first-order chi connectivity index (χ1) is 11.8. The van der Waals surface area contributed by atoms with Crippen LogP contribution in [-0.2, 0) is 0 Å². The molecule has 0 unspecified atom stereocenters. The van der Waals surface area contributed by atoms with Crippen molar-refractivity contribution in [2.45, 2.75) is 6.92 Å². The Balaban J connectivity index is 1.94. The molecule has 0 aliphatic rings. The van der Waals surface area contributed by atoms with Crippen LogP contribution in [0, 0.1) is 0 Å². The summed E-state index contributed by atoms with van der Waals surface area (Å²) in [6, 6.07) is 20.1. The van der Waals surface area contributed by atoms with E-state index in [0.29, 0.717) is 12.2 Å². The van der Waals surface area contributed by atoms with Crippen LogP contribution in [0.4, 0.5) is 0 Å². The second kappa shape index (κ2) is 5.85. The Morgan fingerprint density at radius 3 is 2.50 bits per heavy atom. The molecule has 0 aliphatic heterocycles. The Labute approximate surface area is 139 Å². The van der Waals surface area contributed by atoms with Gasteiger partial charge in [-0.25, -0.2) is 0 Å². The normalized spacial score (nSPS) is 11.0. The lowest BCUT2D eigenvalue weighted by molar-refractivity contribution is 0.112. The first-order valence-corrected chi connectivity index (χ1v) is 8.03. The summed E-state index contributed by atoms with van der Waals surface area (Å²) in [5.74, 6) is 0.829. The molecule has 3 nitrogen and oxygen atoms in total. The summed E-state index contributed by atoms with van der Waals surface area (Å²) >= 11 is 0. The van der Waals surface area contributed by atoms with Gasteiger partial charge in [-0.1, -0.05) is 36.4 Å². The Hall–Kier alpha value is -3.07. The fourth-order valence-corrected chi connectivity index (χ4v) is 3.19. The third-order valence-corrected chi connectivity index (χ3v) is 4.31. The molecule has 24 heavy (non-hydrogen) atoms. The highest BCUT2D eigenvalue weighted by Crippen LogP contribution is 2.33. The van der Waals surface area contributed by atoms with Crippen molar-refractivity contribution >= 4 is 28.0 Å². The van der Waals surface area contributed by atoms with Crippen LogP contribution in [0.2, 0.25) is 0 Å². The van der Waals surface area contributed by atoms with E-state index >= 15 is 0 Å². The van der Waals surface area contributed by atoms with Crippen LogP contribution in [0.25, 0.3) is 32.9 Å². The van der Waals surface area contributed by atoms with E-state index in [4.69, 9.17) is 4.74 Å². The zero-order valence-corrected chi connectivity index (χ0v) is 13.4. The molecule has 0 fully saturated rings. The maximum atomic E-state index is 11.7. The van der Waals surface area contributed by atoms with E-state index in [1.54, 1.807) is 0 Å². The fourth-order valence-electron chi connectivity index (χ4n) is 3.19. The number of hydrogen-bond donors (Lipinski definition) is 1. The summed E-state index contributed by atoms with van der Waals surface area (Å²) in [7, 11) is 0. The second-order valence-electron chi connectivity index (χ2n) is 5.70. The largest absolute Gasteiger partial charge is 0.494 e. The zero-order chi connectivity index (χ0) is 16.5. The van der Waals surface area contributed by atoms with Gasteiger partial charge in [0.1, 0.15) is 5.75 Å². The summed E-state index contributed by atoms with van der Waals surface area (Å²) < 4.78 is 5.49. The standard InChI is InChI=1S/C21H17NO2/c1-2-24-16-10-7-15(8-11-16)20-19(13-23)18-12-9-14-5-3-4-6-17(14)21(18)22-20/h3-13,22H,2H2,1H3. The molecule has 118 valence electrons. The van der Waals surface area contributed by atoms with Crippen molar-refractivity contribution in [3.63, 3.8) is 0 Å². The summed E-state index contributed by atoms with van der Waals surface area (Å²) in [5.41, 5.74) is 3.51. The lowest BCUT2D eigenvalue weighted by Crippen LogP contribution is -1.91. The van der Waals surface area contributed by atoms with Gasteiger partial charge in [-0.3, -0.25) is 4.79 Å². The number of ether oxygens (including phenoxy) is 1. The first kappa shape index (κ1) is 14.5. The second-order valence-corrected chi connectivity index (χ2v) is 5.70. The minimum atomic E-state index is 0.636. The Kier molecular flexibility index (Phi) is 3.54. The predicted octanol–water partition coefficient (Wildman–Crippen LogP) is 5.20. The average Bonchev–Trinajstić information content (AvgIpc) is 3.01. The SMILES string of the molecule is CCOc1ccc(-c2[nH]c3c(ccc4ccccc43)c2C=O)cc1. The molecule has 0 aliphatic carbocycles. The lowest BCUT2D eigenvalue weighted by atomic mass is 10.0. The minimum Gasteiger partial charge on any atom is -0.494 e. The van der Waals surface area contributed by atoms with E-state index in [0.717, 1.165) is 45.0 Å². The van der Waals surface area contributed by atoms with E-state index < -0.39 is 0 Å². The van der Waals surface area contributed by atoms with Gasteiger partial charge in [-0.05, 0) is 42.1 Å². The fraction of sp³-hybridized carbons (Fsp3) is 0.0952. The van der Waals surface area contributed by atoms with Gasteiger partial charge in [0.05, 0.1) is 17.8 Å². The molecule has 0 atom stereocenters. The van der Waals surface area contributed by atoms with Crippen LogP contribution < -0.4 is 4.74 Å². The van der Waals surface area contributed by atoms with Crippen LogP contribution in [0.3, 0.4) is 0 Å². The van der Waals surface area contributed by atoms with Gasteiger partial charge in [0, 0.05) is 16.3 Å². The minimum absolute atomic E-state index is 0.636. The van der Waals surface area contributed by atoms with E-state index in [-0.39, 0.29) is 0 Å². The summed E-state index contributed by atoms with van der Waals surface area (Å²) in [4.78, 5) is 15.2. The Morgan fingerprint density at radius 1 is 0.958 bits per heavy atom. The highest BCUT2D eigenvalue weighted by molar-refractivity contribution is 6.14. The summed E-state index contributed by atoms with van der Waals surface area (Å²) in [6.07, 6.45) is 0.930. The molecule has 4 aromatic rings. The Morgan fingerprint density at radius 2 is 1.75 bits per heavy atom.